The summed E-state index contributed by atoms with van der Waals surface area (Å²) >= 11 is 0. The van der Waals surface area contributed by atoms with Gasteiger partial charge >= 0.3 is 0 Å². The van der Waals surface area contributed by atoms with E-state index in [1.54, 1.807) is 30.6 Å². The van der Waals surface area contributed by atoms with Crippen LogP contribution in [0.1, 0.15) is 19.3 Å². The van der Waals surface area contributed by atoms with Gasteiger partial charge in [0.25, 0.3) is 0 Å². The van der Waals surface area contributed by atoms with Crippen LogP contribution in [-0.2, 0) is 4.74 Å². The first-order valence-corrected chi connectivity index (χ1v) is 7.68. The van der Waals surface area contributed by atoms with E-state index in [2.05, 4.69) is 15.3 Å². The Bertz CT molecular complexity index is 671. The zero-order valence-corrected chi connectivity index (χ0v) is 12.3. The fourth-order valence-electron chi connectivity index (χ4n) is 3.30. The zero-order chi connectivity index (χ0) is 15.0. The molecule has 1 saturated heterocycles. The van der Waals surface area contributed by atoms with Crippen molar-refractivity contribution in [1.29, 1.82) is 0 Å². The van der Waals surface area contributed by atoms with Crippen molar-refractivity contribution >= 4 is 5.82 Å². The SMILES string of the molecule is Fc1ccc(NC2CC23CCOCC3)nc1-c1ccncc1. The lowest BCUT2D eigenvalue weighted by molar-refractivity contribution is 0.0567. The summed E-state index contributed by atoms with van der Waals surface area (Å²) in [5.74, 6) is 0.426. The maximum atomic E-state index is 14.0. The van der Waals surface area contributed by atoms with E-state index in [0.29, 0.717) is 17.2 Å². The van der Waals surface area contributed by atoms with Gasteiger partial charge in [0.15, 0.2) is 0 Å². The second kappa shape index (κ2) is 5.32. The van der Waals surface area contributed by atoms with Gasteiger partial charge in [-0.3, -0.25) is 4.98 Å². The molecule has 4 rings (SSSR count). The van der Waals surface area contributed by atoms with Crippen LogP contribution in [0.25, 0.3) is 11.3 Å². The molecule has 1 unspecified atom stereocenters. The number of ether oxygens (including phenoxy) is 1. The van der Waals surface area contributed by atoms with Gasteiger partial charge in [0.2, 0.25) is 0 Å². The highest BCUT2D eigenvalue weighted by atomic mass is 19.1. The fourth-order valence-corrected chi connectivity index (χ4v) is 3.30. The van der Waals surface area contributed by atoms with Gasteiger partial charge < -0.3 is 10.1 Å². The highest BCUT2D eigenvalue weighted by Gasteiger charge is 2.54. The molecule has 0 amide bonds. The molecule has 1 saturated carbocycles. The van der Waals surface area contributed by atoms with Crippen LogP contribution >= 0.6 is 0 Å². The van der Waals surface area contributed by atoms with Crippen LogP contribution in [0.5, 0.6) is 0 Å². The molecular formula is C17H18FN3O. The third-order valence-electron chi connectivity index (χ3n) is 4.80. The van der Waals surface area contributed by atoms with E-state index in [9.17, 15) is 4.39 Å². The minimum absolute atomic E-state index is 0.312. The molecular weight excluding hydrogens is 281 g/mol. The number of anilines is 1. The summed E-state index contributed by atoms with van der Waals surface area (Å²) in [5, 5.41) is 3.46. The first-order valence-electron chi connectivity index (χ1n) is 7.68. The number of hydrogen-bond acceptors (Lipinski definition) is 4. The second-order valence-corrected chi connectivity index (χ2v) is 6.14. The van der Waals surface area contributed by atoms with Gasteiger partial charge in [-0.2, -0.15) is 0 Å². The Morgan fingerprint density at radius 1 is 1.14 bits per heavy atom. The summed E-state index contributed by atoms with van der Waals surface area (Å²) in [7, 11) is 0. The lowest BCUT2D eigenvalue weighted by Gasteiger charge is -2.23. The number of hydrogen-bond donors (Lipinski definition) is 1. The number of pyridine rings is 2. The highest BCUT2D eigenvalue weighted by Crippen LogP contribution is 2.54. The lowest BCUT2D eigenvalue weighted by atomic mass is 9.96. The van der Waals surface area contributed by atoms with Crippen molar-refractivity contribution in [1.82, 2.24) is 9.97 Å². The molecule has 114 valence electrons. The number of nitrogens with zero attached hydrogens (tertiary/aromatic N) is 2. The van der Waals surface area contributed by atoms with E-state index in [0.717, 1.165) is 43.9 Å². The van der Waals surface area contributed by atoms with E-state index in [1.165, 1.54) is 6.07 Å². The number of aromatic nitrogens is 2. The third-order valence-corrected chi connectivity index (χ3v) is 4.80. The number of rotatable bonds is 3. The third kappa shape index (κ3) is 2.46. The van der Waals surface area contributed by atoms with Crippen molar-refractivity contribution in [2.45, 2.75) is 25.3 Å². The number of nitrogens with one attached hydrogen (secondary N) is 1. The lowest BCUT2D eigenvalue weighted by Crippen LogP contribution is -2.23. The highest BCUT2D eigenvalue weighted by molar-refractivity contribution is 5.61. The molecule has 2 fully saturated rings. The molecule has 3 heterocycles. The average Bonchev–Trinajstić information content (AvgIpc) is 3.21. The molecule has 2 aliphatic rings. The predicted octanol–water partition coefficient (Wildman–Crippen LogP) is 3.26. The molecule has 2 aromatic rings. The molecule has 4 nitrogen and oxygen atoms in total. The summed E-state index contributed by atoms with van der Waals surface area (Å²) in [6, 6.07) is 7.16. The van der Waals surface area contributed by atoms with Gasteiger partial charge in [-0.05, 0) is 48.9 Å². The molecule has 2 aromatic heterocycles. The van der Waals surface area contributed by atoms with E-state index < -0.39 is 0 Å². The zero-order valence-electron chi connectivity index (χ0n) is 12.3. The summed E-state index contributed by atoms with van der Waals surface area (Å²) in [5.41, 5.74) is 1.48. The molecule has 22 heavy (non-hydrogen) atoms. The Kier molecular flexibility index (Phi) is 3.30. The first kappa shape index (κ1) is 13.6. The molecule has 0 aromatic carbocycles. The van der Waals surface area contributed by atoms with Crippen molar-refractivity contribution in [3.63, 3.8) is 0 Å². The fraction of sp³-hybridized carbons (Fsp3) is 0.412. The summed E-state index contributed by atoms with van der Waals surface area (Å²) < 4.78 is 19.5. The maximum absolute atomic E-state index is 14.0. The Morgan fingerprint density at radius 3 is 2.68 bits per heavy atom. The minimum Gasteiger partial charge on any atom is -0.381 e. The van der Waals surface area contributed by atoms with Gasteiger partial charge in [0.1, 0.15) is 17.3 Å². The van der Waals surface area contributed by atoms with Crippen LogP contribution in [-0.4, -0.2) is 29.2 Å². The molecule has 0 bridgehead atoms. The topological polar surface area (TPSA) is 47.0 Å². The van der Waals surface area contributed by atoms with Crippen molar-refractivity contribution < 1.29 is 9.13 Å². The summed E-state index contributed by atoms with van der Waals surface area (Å²) in [6.07, 6.45) is 6.65. The van der Waals surface area contributed by atoms with Crippen molar-refractivity contribution in [2.75, 3.05) is 18.5 Å². The van der Waals surface area contributed by atoms with Gasteiger partial charge in [-0.25, -0.2) is 9.37 Å². The first-order chi connectivity index (χ1) is 10.8. The van der Waals surface area contributed by atoms with Crippen LogP contribution in [0, 0.1) is 11.2 Å². The molecule has 1 aliphatic carbocycles. The Morgan fingerprint density at radius 2 is 1.91 bits per heavy atom. The van der Waals surface area contributed by atoms with Gasteiger partial charge in [-0.15, -0.1) is 0 Å². The van der Waals surface area contributed by atoms with Crippen molar-refractivity contribution in [3.05, 3.63) is 42.5 Å². The quantitative estimate of drug-likeness (QED) is 0.945. The summed E-state index contributed by atoms with van der Waals surface area (Å²) in [6.45, 7) is 1.69. The number of halogens is 1. The molecule has 1 spiro atoms. The molecule has 1 aliphatic heterocycles. The van der Waals surface area contributed by atoms with Crippen molar-refractivity contribution in [2.24, 2.45) is 5.41 Å². The van der Waals surface area contributed by atoms with Gasteiger partial charge in [0.05, 0.1) is 0 Å². The van der Waals surface area contributed by atoms with Crippen LogP contribution in [0.15, 0.2) is 36.7 Å². The molecule has 1 atom stereocenters. The summed E-state index contributed by atoms with van der Waals surface area (Å²) in [4.78, 5) is 8.42. The molecule has 1 N–H and O–H groups in total. The average molecular weight is 299 g/mol. The van der Waals surface area contributed by atoms with Gasteiger partial charge in [-0.1, -0.05) is 0 Å². The minimum atomic E-state index is -0.312. The molecule has 5 heteroatoms. The van der Waals surface area contributed by atoms with E-state index in [4.69, 9.17) is 4.74 Å². The Hall–Kier alpha value is -2.01. The normalized spacial score (nSPS) is 22.5. The van der Waals surface area contributed by atoms with Crippen molar-refractivity contribution in [3.8, 4) is 11.3 Å². The van der Waals surface area contributed by atoms with Crippen LogP contribution < -0.4 is 5.32 Å². The van der Waals surface area contributed by atoms with Gasteiger partial charge in [0, 0.05) is 37.2 Å². The van der Waals surface area contributed by atoms with E-state index in [1.807, 2.05) is 0 Å². The standard InChI is InChI=1S/C17H18FN3O/c18-13-1-2-15(21-16(13)12-3-7-19-8-4-12)20-14-11-17(14)5-9-22-10-6-17/h1-4,7-8,14H,5-6,9-11H2,(H,20,21). The maximum Gasteiger partial charge on any atom is 0.149 e. The second-order valence-electron chi connectivity index (χ2n) is 6.14. The smallest absolute Gasteiger partial charge is 0.149 e. The largest absolute Gasteiger partial charge is 0.381 e. The Labute approximate surface area is 128 Å². The molecule has 0 radical (unpaired) electrons. The van der Waals surface area contributed by atoms with Crippen LogP contribution in [0.2, 0.25) is 0 Å². The van der Waals surface area contributed by atoms with Crippen LogP contribution in [0.4, 0.5) is 10.2 Å². The van der Waals surface area contributed by atoms with E-state index >= 15 is 0 Å². The predicted molar refractivity (Wildman–Crippen MR) is 81.9 cm³/mol. The van der Waals surface area contributed by atoms with E-state index in [-0.39, 0.29) is 5.82 Å². The monoisotopic (exact) mass is 299 g/mol. The van der Waals surface area contributed by atoms with Crippen LogP contribution in [0.3, 0.4) is 0 Å². The Balaban J connectivity index is 1.54.